The third-order valence-corrected chi connectivity index (χ3v) is 2.58. The van der Waals surface area contributed by atoms with Crippen LogP contribution in [0.5, 0.6) is 5.75 Å². The maximum atomic E-state index is 12.0. The number of ether oxygens (including phenoxy) is 2. The maximum absolute atomic E-state index is 12.0. The van der Waals surface area contributed by atoms with Gasteiger partial charge in [-0.15, -0.1) is 0 Å². The molecule has 0 aliphatic rings. The second kappa shape index (κ2) is 7.53. The van der Waals surface area contributed by atoms with Gasteiger partial charge in [0.25, 0.3) is 5.91 Å². The van der Waals surface area contributed by atoms with Gasteiger partial charge in [-0.05, 0) is 39.0 Å². The van der Waals surface area contributed by atoms with E-state index in [0.29, 0.717) is 17.0 Å². The molecule has 0 radical (unpaired) electrons. The number of anilines is 1. The van der Waals surface area contributed by atoms with Gasteiger partial charge in [-0.25, -0.2) is 4.79 Å². The summed E-state index contributed by atoms with van der Waals surface area (Å²) in [4.78, 5) is 23.4. The molecule has 0 aliphatic heterocycles. The number of hydrogen-bond donors (Lipinski definition) is 3. The van der Waals surface area contributed by atoms with Gasteiger partial charge in [0.1, 0.15) is 11.4 Å². The molecule has 0 aliphatic carbocycles. The van der Waals surface area contributed by atoms with Gasteiger partial charge in [0.15, 0.2) is 0 Å². The van der Waals surface area contributed by atoms with Crippen LogP contribution >= 0.6 is 0 Å². The third kappa shape index (κ3) is 5.90. The summed E-state index contributed by atoms with van der Waals surface area (Å²) in [6.07, 6.45) is -0.525. The van der Waals surface area contributed by atoms with Crippen molar-refractivity contribution in [1.29, 1.82) is 0 Å². The summed E-state index contributed by atoms with van der Waals surface area (Å²) >= 11 is 0. The van der Waals surface area contributed by atoms with Gasteiger partial charge >= 0.3 is 6.09 Å². The van der Waals surface area contributed by atoms with Crippen LogP contribution in [0.15, 0.2) is 18.2 Å². The molecule has 4 N–H and O–H groups in total. The molecule has 0 unspecified atom stereocenters. The molecule has 0 atom stereocenters. The van der Waals surface area contributed by atoms with Crippen molar-refractivity contribution in [3.63, 3.8) is 0 Å². The molecule has 0 saturated heterocycles. The minimum atomic E-state index is -0.553. The second-order valence-corrected chi connectivity index (χ2v) is 5.64. The molecule has 1 rings (SSSR count). The number of rotatable bonds is 5. The molecule has 0 bridgehead atoms. The van der Waals surface area contributed by atoms with E-state index in [1.165, 1.54) is 7.11 Å². The molecule has 7 nitrogen and oxygen atoms in total. The Hall–Kier alpha value is -2.44. The number of carbonyl (C=O) groups is 2. The van der Waals surface area contributed by atoms with Crippen molar-refractivity contribution in [2.45, 2.75) is 26.4 Å². The highest BCUT2D eigenvalue weighted by Crippen LogP contribution is 2.19. The Balaban J connectivity index is 2.42. The first-order chi connectivity index (χ1) is 10.2. The van der Waals surface area contributed by atoms with Crippen LogP contribution in [0.4, 0.5) is 10.5 Å². The predicted molar refractivity (Wildman–Crippen MR) is 84.0 cm³/mol. The normalized spacial score (nSPS) is 10.7. The van der Waals surface area contributed by atoms with E-state index in [-0.39, 0.29) is 19.0 Å². The molecule has 1 aromatic rings. The van der Waals surface area contributed by atoms with Crippen molar-refractivity contribution >= 4 is 17.7 Å². The van der Waals surface area contributed by atoms with Crippen LogP contribution < -0.4 is 21.1 Å². The highest BCUT2D eigenvalue weighted by molar-refractivity contribution is 5.99. The molecule has 122 valence electrons. The van der Waals surface area contributed by atoms with Gasteiger partial charge in [-0.3, -0.25) is 4.79 Å². The Bertz CT molecular complexity index is 538. The van der Waals surface area contributed by atoms with Crippen molar-refractivity contribution in [2.24, 2.45) is 0 Å². The SMILES string of the molecule is COc1ccc(N)c(C(=O)NCCNC(=O)OC(C)(C)C)c1. The quantitative estimate of drug-likeness (QED) is 0.565. The fourth-order valence-corrected chi connectivity index (χ4v) is 1.61. The molecule has 22 heavy (non-hydrogen) atoms. The Morgan fingerprint density at radius 3 is 2.41 bits per heavy atom. The van der Waals surface area contributed by atoms with E-state index in [2.05, 4.69) is 10.6 Å². The number of nitrogens with two attached hydrogens (primary N) is 1. The monoisotopic (exact) mass is 309 g/mol. The molecular weight excluding hydrogens is 286 g/mol. The minimum absolute atomic E-state index is 0.254. The lowest BCUT2D eigenvalue weighted by molar-refractivity contribution is 0.0526. The molecule has 0 spiro atoms. The first-order valence-electron chi connectivity index (χ1n) is 6.91. The standard InChI is InChI=1S/C15H23N3O4/c1-15(2,3)22-14(20)18-8-7-17-13(19)11-9-10(21-4)5-6-12(11)16/h5-6,9H,7-8,16H2,1-4H3,(H,17,19)(H,18,20). The number of alkyl carbamates (subject to hydrolysis) is 1. The van der Waals surface area contributed by atoms with E-state index in [4.69, 9.17) is 15.2 Å². The van der Waals surface area contributed by atoms with Gasteiger partial charge in [0.05, 0.1) is 12.7 Å². The Labute approximate surface area is 130 Å². The largest absolute Gasteiger partial charge is 0.497 e. The lowest BCUT2D eigenvalue weighted by Gasteiger charge is -2.19. The Morgan fingerprint density at radius 2 is 1.82 bits per heavy atom. The first kappa shape index (κ1) is 17.6. The van der Waals surface area contributed by atoms with E-state index in [0.717, 1.165) is 0 Å². The Kier molecular flexibility index (Phi) is 6.03. The molecule has 2 amide bonds. The van der Waals surface area contributed by atoms with E-state index < -0.39 is 11.7 Å². The number of carbonyl (C=O) groups excluding carboxylic acids is 2. The van der Waals surface area contributed by atoms with E-state index in [1.54, 1.807) is 39.0 Å². The molecule has 0 saturated carbocycles. The predicted octanol–water partition coefficient (Wildman–Crippen LogP) is 1.53. The maximum Gasteiger partial charge on any atom is 0.407 e. The van der Waals surface area contributed by atoms with Crippen LogP contribution in [-0.2, 0) is 4.74 Å². The fourth-order valence-electron chi connectivity index (χ4n) is 1.61. The summed E-state index contributed by atoms with van der Waals surface area (Å²) in [5.41, 5.74) is 5.90. The van der Waals surface area contributed by atoms with Gasteiger partial charge in [0, 0.05) is 18.8 Å². The molecule has 1 aromatic carbocycles. The number of benzene rings is 1. The summed E-state index contributed by atoms with van der Waals surface area (Å²) < 4.78 is 10.1. The summed E-state index contributed by atoms with van der Waals surface area (Å²) in [5, 5.41) is 5.22. The average molecular weight is 309 g/mol. The molecule has 0 fully saturated rings. The summed E-state index contributed by atoms with van der Waals surface area (Å²) in [5.74, 6) is 0.216. The van der Waals surface area contributed by atoms with Crippen molar-refractivity contribution in [2.75, 3.05) is 25.9 Å². The topological polar surface area (TPSA) is 103 Å². The number of methoxy groups -OCH3 is 1. The van der Waals surface area contributed by atoms with Gasteiger partial charge in [-0.1, -0.05) is 0 Å². The zero-order chi connectivity index (χ0) is 16.8. The lowest BCUT2D eigenvalue weighted by Crippen LogP contribution is -2.38. The molecular formula is C15H23N3O4. The van der Waals surface area contributed by atoms with Crippen molar-refractivity contribution in [1.82, 2.24) is 10.6 Å². The zero-order valence-corrected chi connectivity index (χ0v) is 13.4. The van der Waals surface area contributed by atoms with E-state index in [9.17, 15) is 9.59 Å². The number of hydrogen-bond acceptors (Lipinski definition) is 5. The third-order valence-electron chi connectivity index (χ3n) is 2.58. The lowest BCUT2D eigenvalue weighted by atomic mass is 10.1. The summed E-state index contributed by atoms with van der Waals surface area (Å²) in [7, 11) is 1.51. The zero-order valence-electron chi connectivity index (χ0n) is 13.4. The van der Waals surface area contributed by atoms with Crippen LogP contribution in [0.25, 0.3) is 0 Å². The fraction of sp³-hybridized carbons (Fsp3) is 0.467. The number of nitrogen functional groups attached to an aromatic ring is 1. The second-order valence-electron chi connectivity index (χ2n) is 5.64. The van der Waals surface area contributed by atoms with Crippen LogP contribution in [0.1, 0.15) is 31.1 Å². The van der Waals surface area contributed by atoms with Gasteiger partial charge in [0.2, 0.25) is 0 Å². The van der Waals surface area contributed by atoms with Crippen LogP contribution in [0.2, 0.25) is 0 Å². The number of nitrogens with one attached hydrogen (secondary N) is 2. The smallest absolute Gasteiger partial charge is 0.407 e. The van der Waals surface area contributed by atoms with Crippen molar-refractivity contribution < 1.29 is 19.1 Å². The minimum Gasteiger partial charge on any atom is -0.497 e. The van der Waals surface area contributed by atoms with Crippen LogP contribution in [0, 0.1) is 0 Å². The first-order valence-corrected chi connectivity index (χ1v) is 6.91. The van der Waals surface area contributed by atoms with E-state index in [1.807, 2.05) is 0 Å². The molecule has 0 heterocycles. The van der Waals surface area contributed by atoms with Gasteiger partial charge in [-0.2, -0.15) is 0 Å². The van der Waals surface area contributed by atoms with Crippen molar-refractivity contribution in [3.8, 4) is 5.75 Å². The summed E-state index contributed by atoms with van der Waals surface area (Å²) in [6.45, 7) is 5.85. The average Bonchev–Trinajstić information content (AvgIpc) is 2.42. The van der Waals surface area contributed by atoms with Crippen molar-refractivity contribution in [3.05, 3.63) is 23.8 Å². The molecule has 0 aromatic heterocycles. The Morgan fingerprint density at radius 1 is 1.18 bits per heavy atom. The summed E-state index contributed by atoms with van der Waals surface area (Å²) in [6, 6.07) is 4.84. The van der Waals surface area contributed by atoms with Crippen LogP contribution in [-0.4, -0.2) is 37.8 Å². The highest BCUT2D eigenvalue weighted by atomic mass is 16.6. The molecule has 7 heteroatoms. The van der Waals surface area contributed by atoms with E-state index >= 15 is 0 Å². The van der Waals surface area contributed by atoms with Crippen LogP contribution in [0.3, 0.4) is 0 Å². The number of amides is 2. The van der Waals surface area contributed by atoms with Gasteiger partial charge < -0.3 is 25.8 Å². The highest BCUT2D eigenvalue weighted by Gasteiger charge is 2.15.